The number of nitrogens with zero attached hydrogens (tertiary/aromatic N) is 6. The Morgan fingerprint density at radius 1 is 1.10 bits per heavy atom. The molecule has 2 aliphatic rings. The van der Waals surface area contributed by atoms with Gasteiger partial charge >= 0.3 is 0 Å². The number of hydrogen-bond donors (Lipinski definition) is 1. The number of imidazole rings is 1. The highest BCUT2D eigenvalue weighted by atomic mass is 16.1. The molecule has 156 valence electrons. The van der Waals surface area contributed by atoms with Crippen LogP contribution in [0.4, 0.5) is 5.82 Å². The molecule has 8 nitrogen and oxygen atoms in total. The first kappa shape index (κ1) is 19.0. The van der Waals surface area contributed by atoms with E-state index in [4.69, 9.17) is 0 Å². The Morgan fingerprint density at radius 2 is 1.97 bits per heavy atom. The molecule has 2 aromatic heterocycles. The van der Waals surface area contributed by atoms with E-state index in [1.807, 2.05) is 29.7 Å². The Bertz CT molecular complexity index is 1090. The predicted molar refractivity (Wildman–Crippen MR) is 116 cm³/mol. The van der Waals surface area contributed by atoms with Crippen LogP contribution in [0.3, 0.4) is 0 Å². The van der Waals surface area contributed by atoms with Gasteiger partial charge in [-0.05, 0) is 57.5 Å². The highest BCUT2D eigenvalue weighted by molar-refractivity contribution is 5.95. The van der Waals surface area contributed by atoms with Crippen LogP contribution in [0.15, 0.2) is 30.9 Å². The molecule has 0 unspecified atom stereocenters. The molecule has 5 rings (SSSR count). The summed E-state index contributed by atoms with van der Waals surface area (Å²) in [5.41, 5.74) is 4.21. The van der Waals surface area contributed by atoms with Crippen LogP contribution in [0, 0.1) is 6.92 Å². The van der Waals surface area contributed by atoms with Crippen molar-refractivity contribution in [3.63, 3.8) is 0 Å². The topological polar surface area (TPSA) is 79.2 Å². The third-order valence-corrected chi connectivity index (χ3v) is 5.98. The average Bonchev–Trinajstić information content (AvgIpc) is 3.50. The first-order chi connectivity index (χ1) is 14.6. The van der Waals surface area contributed by atoms with Crippen LogP contribution < -0.4 is 10.2 Å². The van der Waals surface area contributed by atoms with Gasteiger partial charge < -0.3 is 15.1 Å². The molecular weight excluding hydrogens is 378 g/mol. The minimum absolute atomic E-state index is 0.0211. The number of hydrogen-bond acceptors (Lipinski definition) is 6. The van der Waals surface area contributed by atoms with Crippen LogP contribution in [0.1, 0.15) is 35.2 Å². The van der Waals surface area contributed by atoms with Gasteiger partial charge in [0, 0.05) is 31.2 Å². The maximum atomic E-state index is 12.5. The van der Waals surface area contributed by atoms with Crippen molar-refractivity contribution in [1.29, 1.82) is 0 Å². The van der Waals surface area contributed by atoms with E-state index >= 15 is 0 Å². The summed E-state index contributed by atoms with van der Waals surface area (Å²) in [6.07, 6.45) is 6.65. The first-order valence-electron chi connectivity index (χ1n) is 10.6. The van der Waals surface area contributed by atoms with Gasteiger partial charge in [-0.1, -0.05) is 6.07 Å². The highest BCUT2D eigenvalue weighted by Gasteiger charge is 2.24. The summed E-state index contributed by atoms with van der Waals surface area (Å²) < 4.78 is 1.97. The third kappa shape index (κ3) is 3.63. The van der Waals surface area contributed by atoms with Gasteiger partial charge in [-0.3, -0.25) is 9.36 Å². The molecule has 2 fully saturated rings. The smallest absolute Gasteiger partial charge is 0.251 e. The minimum Gasteiger partial charge on any atom is -0.353 e. The lowest BCUT2D eigenvalue weighted by atomic mass is 10.1. The summed E-state index contributed by atoms with van der Waals surface area (Å²) in [7, 11) is 2.16. The van der Waals surface area contributed by atoms with Crippen molar-refractivity contribution in [2.24, 2.45) is 0 Å². The second kappa shape index (κ2) is 7.68. The number of aryl methyl sites for hydroxylation is 1. The fourth-order valence-electron chi connectivity index (χ4n) is 4.00. The minimum atomic E-state index is -0.0211. The number of rotatable bonds is 4. The Balaban J connectivity index is 1.52. The van der Waals surface area contributed by atoms with E-state index in [2.05, 4.69) is 37.1 Å². The highest BCUT2D eigenvalue weighted by Crippen LogP contribution is 2.27. The number of carbonyl (C=O) groups excluding carboxylic acids is 1. The van der Waals surface area contributed by atoms with Crippen molar-refractivity contribution in [3.8, 4) is 5.69 Å². The van der Waals surface area contributed by atoms with Gasteiger partial charge in [0.25, 0.3) is 5.91 Å². The van der Waals surface area contributed by atoms with E-state index in [0.717, 1.165) is 73.7 Å². The molecular formula is C22H27N7O. The lowest BCUT2D eigenvalue weighted by Crippen LogP contribution is -2.29. The molecule has 0 bridgehead atoms. The fourth-order valence-corrected chi connectivity index (χ4v) is 4.00. The standard InChI is InChI=1S/C22H27N7O/c1-15-4-5-16(22(30)26-17-6-7-17)12-18(15)29-14-25-19-20(23-13-24-21(19)29)28-9-3-8-27(2)10-11-28/h4-5,12-14,17H,3,6-11H2,1-2H3,(H,26,30). The number of carbonyl (C=O) groups is 1. The molecule has 1 amide bonds. The zero-order valence-corrected chi connectivity index (χ0v) is 17.5. The average molecular weight is 406 g/mol. The van der Waals surface area contributed by atoms with Gasteiger partial charge in [-0.25, -0.2) is 15.0 Å². The van der Waals surface area contributed by atoms with E-state index in [-0.39, 0.29) is 5.91 Å². The number of anilines is 1. The van der Waals surface area contributed by atoms with Gasteiger partial charge in [-0.2, -0.15) is 0 Å². The lowest BCUT2D eigenvalue weighted by Gasteiger charge is -2.21. The summed E-state index contributed by atoms with van der Waals surface area (Å²) in [4.78, 5) is 31.0. The monoisotopic (exact) mass is 405 g/mol. The molecule has 1 saturated heterocycles. The molecule has 0 atom stereocenters. The normalized spacial score (nSPS) is 17.9. The van der Waals surface area contributed by atoms with Crippen LogP contribution in [-0.4, -0.2) is 69.6 Å². The van der Waals surface area contributed by atoms with Crippen LogP contribution in [0.25, 0.3) is 16.9 Å². The van der Waals surface area contributed by atoms with E-state index in [1.165, 1.54) is 0 Å². The van der Waals surface area contributed by atoms with Crippen molar-refractivity contribution in [3.05, 3.63) is 42.0 Å². The molecule has 0 spiro atoms. The van der Waals surface area contributed by atoms with E-state index in [1.54, 1.807) is 12.7 Å². The molecule has 3 heterocycles. The maximum Gasteiger partial charge on any atom is 0.251 e. The number of amides is 1. The molecule has 3 aromatic rings. The van der Waals surface area contributed by atoms with E-state index < -0.39 is 0 Å². The van der Waals surface area contributed by atoms with Gasteiger partial charge in [-0.15, -0.1) is 0 Å². The Kier molecular flexibility index (Phi) is 4.86. The van der Waals surface area contributed by atoms with Crippen molar-refractivity contribution >= 4 is 22.9 Å². The second-order valence-corrected chi connectivity index (χ2v) is 8.38. The summed E-state index contributed by atoms with van der Waals surface area (Å²) in [6, 6.07) is 6.12. The van der Waals surface area contributed by atoms with Crippen molar-refractivity contribution < 1.29 is 4.79 Å². The SMILES string of the molecule is Cc1ccc(C(=O)NC2CC2)cc1-n1cnc2c(N3CCCN(C)CC3)ncnc21. The summed E-state index contributed by atoms with van der Waals surface area (Å²) >= 11 is 0. The Labute approximate surface area is 175 Å². The summed E-state index contributed by atoms with van der Waals surface area (Å²) in [6.45, 7) is 6.01. The number of nitrogens with one attached hydrogen (secondary N) is 1. The first-order valence-corrected chi connectivity index (χ1v) is 10.6. The lowest BCUT2D eigenvalue weighted by molar-refractivity contribution is 0.0951. The molecule has 1 aliphatic carbocycles. The van der Waals surface area contributed by atoms with Gasteiger partial charge in [0.1, 0.15) is 12.7 Å². The Morgan fingerprint density at radius 3 is 2.80 bits per heavy atom. The quantitative estimate of drug-likeness (QED) is 0.717. The third-order valence-electron chi connectivity index (χ3n) is 5.98. The molecule has 1 aliphatic heterocycles. The number of fused-ring (bicyclic) bond motifs is 1. The summed E-state index contributed by atoms with van der Waals surface area (Å²) in [5.74, 6) is 0.863. The fraction of sp³-hybridized carbons (Fsp3) is 0.455. The number of aromatic nitrogens is 4. The predicted octanol–water partition coefficient (Wildman–Crippen LogP) is 2.16. The molecule has 1 saturated carbocycles. The molecule has 1 aromatic carbocycles. The van der Waals surface area contributed by atoms with Crippen LogP contribution in [-0.2, 0) is 0 Å². The largest absolute Gasteiger partial charge is 0.353 e. The van der Waals surface area contributed by atoms with Crippen LogP contribution >= 0.6 is 0 Å². The van der Waals surface area contributed by atoms with Gasteiger partial charge in [0.2, 0.25) is 0 Å². The van der Waals surface area contributed by atoms with Gasteiger partial charge in [0.05, 0.1) is 5.69 Å². The van der Waals surface area contributed by atoms with Crippen molar-refractivity contribution in [2.45, 2.75) is 32.2 Å². The number of likely N-dealkylation sites (N-methyl/N-ethyl adjacent to an activating group) is 1. The van der Waals surface area contributed by atoms with E-state index in [0.29, 0.717) is 11.6 Å². The summed E-state index contributed by atoms with van der Waals surface area (Å²) in [5, 5.41) is 3.06. The molecule has 8 heteroatoms. The Hall–Kier alpha value is -3.00. The zero-order chi connectivity index (χ0) is 20.7. The maximum absolute atomic E-state index is 12.5. The van der Waals surface area contributed by atoms with Crippen LogP contribution in [0.5, 0.6) is 0 Å². The molecule has 1 N–H and O–H groups in total. The second-order valence-electron chi connectivity index (χ2n) is 8.38. The van der Waals surface area contributed by atoms with Crippen molar-refractivity contribution in [2.75, 3.05) is 38.1 Å². The number of benzene rings is 1. The van der Waals surface area contributed by atoms with Crippen molar-refractivity contribution in [1.82, 2.24) is 29.7 Å². The zero-order valence-electron chi connectivity index (χ0n) is 17.5. The molecule has 0 radical (unpaired) electrons. The molecule has 30 heavy (non-hydrogen) atoms. The van der Waals surface area contributed by atoms with E-state index in [9.17, 15) is 4.79 Å². The van der Waals surface area contributed by atoms with Gasteiger partial charge in [0.15, 0.2) is 17.0 Å². The van der Waals surface area contributed by atoms with Crippen LogP contribution in [0.2, 0.25) is 0 Å².